The molecule has 2 nitrogen and oxygen atoms in total. The van der Waals surface area contributed by atoms with Gasteiger partial charge in [-0.3, -0.25) is 4.79 Å². The second-order valence-corrected chi connectivity index (χ2v) is 6.02. The Kier molecular flexibility index (Phi) is 4.57. The number of fused-ring (bicyclic) bond motifs is 1. The number of benzene rings is 3. The highest BCUT2D eigenvalue weighted by Crippen LogP contribution is 2.24. The first kappa shape index (κ1) is 15.5. The van der Waals surface area contributed by atoms with Crippen molar-refractivity contribution in [2.75, 3.05) is 11.1 Å². The molecule has 0 bridgehead atoms. The van der Waals surface area contributed by atoms with Crippen LogP contribution in [0.1, 0.15) is 0 Å². The second-order valence-electron chi connectivity index (χ2n) is 4.97. The van der Waals surface area contributed by atoms with Crippen molar-refractivity contribution < 1.29 is 13.6 Å². The molecular formula is C18H13F2NOS. The van der Waals surface area contributed by atoms with E-state index in [9.17, 15) is 13.6 Å². The molecule has 0 saturated carbocycles. The quantitative estimate of drug-likeness (QED) is 0.693. The van der Waals surface area contributed by atoms with Crippen molar-refractivity contribution in [1.82, 2.24) is 0 Å². The molecule has 0 radical (unpaired) electrons. The lowest BCUT2D eigenvalue weighted by Crippen LogP contribution is -2.15. The molecule has 0 saturated heterocycles. The zero-order chi connectivity index (χ0) is 16.2. The van der Waals surface area contributed by atoms with Crippen molar-refractivity contribution in [3.05, 3.63) is 72.3 Å². The highest BCUT2D eigenvalue weighted by molar-refractivity contribution is 8.00. The van der Waals surface area contributed by atoms with Crippen LogP contribution >= 0.6 is 11.8 Å². The van der Waals surface area contributed by atoms with Gasteiger partial charge in [-0.1, -0.05) is 30.3 Å². The number of carbonyl (C=O) groups excluding carboxylic acids is 1. The fourth-order valence-electron chi connectivity index (χ4n) is 2.18. The normalized spacial score (nSPS) is 10.7. The molecule has 0 aliphatic heterocycles. The zero-order valence-corrected chi connectivity index (χ0v) is 12.9. The van der Waals surface area contributed by atoms with Crippen molar-refractivity contribution in [3.8, 4) is 0 Å². The summed E-state index contributed by atoms with van der Waals surface area (Å²) in [4.78, 5) is 12.9. The molecule has 0 aliphatic carbocycles. The maximum Gasteiger partial charge on any atom is 0.234 e. The molecular weight excluding hydrogens is 316 g/mol. The smallest absolute Gasteiger partial charge is 0.234 e. The summed E-state index contributed by atoms with van der Waals surface area (Å²) in [6, 6.07) is 17.0. The van der Waals surface area contributed by atoms with E-state index in [1.807, 2.05) is 42.5 Å². The predicted molar refractivity (Wildman–Crippen MR) is 89.7 cm³/mol. The van der Waals surface area contributed by atoms with Crippen LogP contribution in [0.3, 0.4) is 0 Å². The first-order chi connectivity index (χ1) is 11.1. The third-order valence-electron chi connectivity index (χ3n) is 3.30. The molecule has 116 valence electrons. The third-order valence-corrected chi connectivity index (χ3v) is 4.29. The zero-order valence-electron chi connectivity index (χ0n) is 12.1. The van der Waals surface area contributed by atoms with Gasteiger partial charge in [0.05, 0.1) is 11.4 Å². The molecule has 3 rings (SSSR count). The van der Waals surface area contributed by atoms with Crippen LogP contribution in [-0.2, 0) is 4.79 Å². The van der Waals surface area contributed by atoms with E-state index in [2.05, 4.69) is 5.32 Å². The topological polar surface area (TPSA) is 29.1 Å². The van der Waals surface area contributed by atoms with Crippen molar-refractivity contribution in [2.45, 2.75) is 4.90 Å². The largest absolute Gasteiger partial charge is 0.323 e. The Hall–Kier alpha value is -2.40. The van der Waals surface area contributed by atoms with Gasteiger partial charge in [-0.15, -0.1) is 11.8 Å². The average molecular weight is 329 g/mol. The molecule has 5 heteroatoms. The van der Waals surface area contributed by atoms with Gasteiger partial charge in [0.1, 0.15) is 11.6 Å². The van der Waals surface area contributed by atoms with Crippen molar-refractivity contribution in [1.29, 1.82) is 0 Å². The van der Waals surface area contributed by atoms with Gasteiger partial charge in [0, 0.05) is 11.0 Å². The lowest BCUT2D eigenvalue weighted by molar-refractivity contribution is -0.113. The number of rotatable bonds is 4. The van der Waals surface area contributed by atoms with Crippen LogP contribution in [0, 0.1) is 11.6 Å². The van der Waals surface area contributed by atoms with E-state index in [0.717, 1.165) is 27.8 Å². The van der Waals surface area contributed by atoms with Crippen LogP contribution in [-0.4, -0.2) is 11.7 Å². The van der Waals surface area contributed by atoms with E-state index in [0.29, 0.717) is 0 Å². The van der Waals surface area contributed by atoms with E-state index in [-0.39, 0.29) is 17.3 Å². The summed E-state index contributed by atoms with van der Waals surface area (Å²) in [7, 11) is 0. The number of carbonyl (C=O) groups is 1. The van der Waals surface area contributed by atoms with E-state index < -0.39 is 11.6 Å². The van der Waals surface area contributed by atoms with Gasteiger partial charge in [0.25, 0.3) is 0 Å². The summed E-state index contributed by atoms with van der Waals surface area (Å²) >= 11 is 1.36. The number of halogens is 2. The fraction of sp³-hybridized carbons (Fsp3) is 0.0556. The lowest BCUT2D eigenvalue weighted by Gasteiger charge is -2.07. The Labute approximate surface area is 136 Å². The molecule has 23 heavy (non-hydrogen) atoms. The molecule has 1 amide bonds. The van der Waals surface area contributed by atoms with E-state index in [1.54, 1.807) is 0 Å². The average Bonchev–Trinajstić information content (AvgIpc) is 2.55. The van der Waals surface area contributed by atoms with Gasteiger partial charge in [-0.05, 0) is 35.0 Å². The number of anilines is 1. The summed E-state index contributed by atoms with van der Waals surface area (Å²) in [5.41, 5.74) is -0.0180. The molecule has 0 atom stereocenters. The van der Waals surface area contributed by atoms with Crippen LogP contribution in [0.5, 0.6) is 0 Å². The van der Waals surface area contributed by atoms with Gasteiger partial charge in [0.2, 0.25) is 5.91 Å². The number of thioether (sulfide) groups is 1. The predicted octanol–water partition coefficient (Wildman–Crippen LogP) is 4.85. The first-order valence-electron chi connectivity index (χ1n) is 6.98. The van der Waals surface area contributed by atoms with Gasteiger partial charge in [0.15, 0.2) is 0 Å². The maximum atomic E-state index is 13.5. The summed E-state index contributed by atoms with van der Waals surface area (Å²) in [5, 5.41) is 4.68. The molecule has 0 aromatic heterocycles. The highest BCUT2D eigenvalue weighted by atomic mass is 32.2. The van der Waals surface area contributed by atoms with Crippen LogP contribution in [0.2, 0.25) is 0 Å². The molecule has 0 unspecified atom stereocenters. The molecule has 1 N–H and O–H groups in total. The third kappa shape index (κ3) is 3.87. The van der Waals surface area contributed by atoms with Crippen LogP contribution < -0.4 is 5.32 Å². The van der Waals surface area contributed by atoms with Crippen LogP contribution in [0.4, 0.5) is 14.5 Å². The molecule has 3 aromatic carbocycles. The van der Waals surface area contributed by atoms with Gasteiger partial charge < -0.3 is 5.32 Å². The van der Waals surface area contributed by atoms with E-state index >= 15 is 0 Å². The molecule has 3 aromatic rings. The number of hydrogen-bond acceptors (Lipinski definition) is 2. The number of amides is 1. The number of nitrogens with one attached hydrogen (secondary N) is 1. The number of hydrogen-bond donors (Lipinski definition) is 1. The van der Waals surface area contributed by atoms with Crippen LogP contribution in [0.15, 0.2) is 65.6 Å². The Balaban J connectivity index is 1.63. The van der Waals surface area contributed by atoms with Crippen LogP contribution in [0.25, 0.3) is 10.8 Å². The summed E-state index contributed by atoms with van der Waals surface area (Å²) in [6.07, 6.45) is 0. The highest BCUT2D eigenvalue weighted by Gasteiger charge is 2.08. The Morgan fingerprint density at radius 1 is 0.957 bits per heavy atom. The summed E-state index contributed by atoms with van der Waals surface area (Å²) in [5.74, 6) is -1.65. The molecule has 0 fully saturated rings. The minimum absolute atomic E-state index is 0.0180. The minimum Gasteiger partial charge on any atom is -0.323 e. The summed E-state index contributed by atoms with van der Waals surface area (Å²) in [6.45, 7) is 0. The Morgan fingerprint density at radius 3 is 2.52 bits per heavy atom. The Morgan fingerprint density at radius 2 is 1.74 bits per heavy atom. The van der Waals surface area contributed by atoms with Gasteiger partial charge in [-0.2, -0.15) is 0 Å². The van der Waals surface area contributed by atoms with E-state index in [4.69, 9.17) is 0 Å². The Bertz CT molecular complexity index is 867. The molecule has 0 heterocycles. The molecule has 0 spiro atoms. The second kappa shape index (κ2) is 6.79. The summed E-state index contributed by atoms with van der Waals surface area (Å²) < 4.78 is 26.3. The van der Waals surface area contributed by atoms with Gasteiger partial charge in [-0.25, -0.2) is 8.78 Å². The van der Waals surface area contributed by atoms with Crippen molar-refractivity contribution in [2.24, 2.45) is 0 Å². The monoisotopic (exact) mass is 329 g/mol. The molecule has 0 aliphatic rings. The van der Waals surface area contributed by atoms with Crippen molar-refractivity contribution >= 4 is 34.1 Å². The van der Waals surface area contributed by atoms with Gasteiger partial charge >= 0.3 is 0 Å². The standard InChI is InChI=1S/C18H13F2NOS/c19-14-6-8-17(16(20)10-14)21-18(22)11-23-15-7-5-12-3-1-2-4-13(12)9-15/h1-10H,11H2,(H,21,22). The van der Waals surface area contributed by atoms with Crippen molar-refractivity contribution in [3.63, 3.8) is 0 Å². The van der Waals surface area contributed by atoms with E-state index in [1.165, 1.54) is 17.8 Å². The SMILES string of the molecule is O=C(CSc1ccc2ccccc2c1)Nc1ccc(F)cc1F. The maximum absolute atomic E-state index is 13.5. The first-order valence-corrected chi connectivity index (χ1v) is 7.97. The lowest BCUT2D eigenvalue weighted by atomic mass is 10.1. The fourth-order valence-corrected chi connectivity index (χ4v) is 2.93. The minimum atomic E-state index is -0.783.